The highest BCUT2D eigenvalue weighted by Gasteiger charge is 2.40. The second kappa shape index (κ2) is 45.3. The molecule has 602 valence electrons. The number of nitrogens with one attached hydrogen (secondary N) is 10. The van der Waals surface area contributed by atoms with Gasteiger partial charge in [0.15, 0.2) is 0 Å². The van der Waals surface area contributed by atoms with Gasteiger partial charge >= 0.3 is 12.1 Å². The van der Waals surface area contributed by atoms with Gasteiger partial charge in [0.25, 0.3) is 0 Å². The van der Waals surface area contributed by atoms with Crippen LogP contribution >= 0.6 is 33.3 Å². The van der Waals surface area contributed by atoms with E-state index in [1.54, 1.807) is 134 Å². The number of thioether (sulfide) groups is 1. The first-order valence-electron chi connectivity index (χ1n) is 36.3. The van der Waals surface area contributed by atoms with Gasteiger partial charge in [-0.25, -0.2) is 9.59 Å². The zero-order valence-corrected chi connectivity index (χ0v) is 67.9. The van der Waals surface area contributed by atoms with E-state index in [0.717, 1.165) is 5.75 Å². The Morgan fingerprint density at radius 2 is 1.14 bits per heavy atom. The summed E-state index contributed by atoms with van der Waals surface area (Å²) in [4.78, 5) is 157. The van der Waals surface area contributed by atoms with Crippen molar-refractivity contribution in [2.45, 2.75) is 226 Å². The highest BCUT2D eigenvalue weighted by atomic mass is 33.1. The molecule has 1 fully saturated rings. The van der Waals surface area contributed by atoms with E-state index in [-0.39, 0.29) is 57.8 Å². The number of carbonyl (C=O) groups is 11. The Morgan fingerprint density at radius 1 is 0.583 bits per heavy atom. The van der Waals surface area contributed by atoms with E-state index in [4.69, 9.17) is 33.2 Å². The van der Waals surface area contributed by atoms with Crippen LogP contribution in [0.15, 0.2) is 78.9 Å². The minimum Gasteiger partial charge on any atom is -0.488 e. The fourth-order valence-electron chi connectivity index (χ4n) is 10.6. The monoisotopic (exact) mass is 1570 g/mol. The van der Waals surface area contributed by atoms with Crippen molar-refractivity contribution in [3.8, 4) is 11.5 Å². The predicted molar refractivity (Wildman–Crippen MR) is 416 cm³/mol. The van der Waals surface area contributed by atoms with Gasteiger partial charge < -0.3 is 91.4 Å². The van der Waals surface area contributed by atoms with Gasteiger partial charge in [-0.1, -0.05) is 103 Å². The lowest BCUT2D eigenvalue weighted by Gasteiger charge is -2.33. The lowest BCUT2D eigenvalue weighted by Crippen LogP contribution is -2.64. The zero-order chi connectivity index (χ0) is 80.5. The smallest absolute Gasteiger partial charge is 0.405 e. The highest BCUT2D eigenvalue weighted by molar-refractivity contribution is 8.76. The summed E-state index contributed by atoms with van der Waals surface area (Å²) in [5.41, 5.74) is -1.27. The molecule has 2 unspecified atom stereocenters. The number of carbonyl (C=O) groups excluding carboxylic acids is 10. The van der Waals surface area contributed by atoms with Crippen molar-refractivity contribution in [3.05, 3.63) is 95.6 Å². The van der Waals surface area contributed by atoms with Crippen LogP contribution < -0.4 is 62.6 Å². The van der Waals surface area contributed by atoms with Crippen LogP contribution in [0.2, 0.25) is 0 Å². The molecule has 3 aromatic carbocycles. The van der Waals surface area contributed by atoms with E-state index in [2.05, 4.69) is 53.2 Å². The van der Waals surface area contributed by atoms with Crippen LogP contribution in [0.25, 0.3) is 0 Å². The van der Waals surface area contributed by atoms with E-state index >= 15 is 19.2 Å². The molecule has 11 N–H and O–H groups in total. The first-order chi connectivity index (χ1) is 50.7. The number of hydrogen-bond donors (Lipinski definition) is 11. The van der Waals surface area contributed by atoms with E-state index in [1.165, 1.54) is 40.3 Å². The molecular formula is C76H116N10O19S3. The molecular weight excluding hydrogens is 1450 g/mol. The lowest BCUT2D eigenvalue weighted by molar-refractivity contribution is -0.151. The summed E-state index contributed by atoms with van der Waals surface area (Å²) in [5.74, 6) is -6.62. The van der Waals surface area contributed by atoms with Crippen molar-refractivity contribution < 1.29 is 91.0 Å². The van der Waals surface area contributed by atoms with Crippen LogP contribution in [0.4, 0.5) is 4.79 Å². The van der Waals surface area contributed by atoms with Crippen LogP contribution in [0.3, 0.4) is 0 Å². The van der Waals surface area contributed by atoms with Gasteiger partial charge in [0.2, 0.25) is 53.2 Å². The largest absolute Gasteiger partial charge is 0.488 e. The molecule has 1 saturated heterocycles. The minimum atomic E-state index is -1.86. The van der Waals surface area contributed by atoms with Gasteiger partial charge in [0.1, 0.15) is 90.3 Å². The van der Waals surface area contributed by atoms with Crippen molar-refractivity contribution in [2.24, 2.45) is 5.92 Å². The van der Waals surface area contributed by atoms with Crippen LogP contribution in [0.1, 0.15) is 140 Å². The summed E-state index contributed by atoms with van der Waals surface area (Å²) in [5, 5.41) is 36.1. The Morgan fingerprint density at radius 3 is 1.69 bits per heavy atom. The Hall–Kier alpha value is -7.88. The average Bonchev–Trinajstić information content (AvgIpc) is 0.835. The average molecular weight is 1570 g/mol. The molecule has 0 radical (unpaired) electrons. The summed E-state index contributed by atoms with van der Waals surface area (Å²) >= 11 is 1.38. The van der Waals surface area contributed by atoms with Gasteiger partial charge in [0, 0.05) is 37.3 Å². The van der Waals surface area contributed by atoms with Crippen LogP contribution in [0, 0.1) is 5.92 Å². The summed E-state index contributed by atoms with van der Waals surface area (Å²) in [6.45, 7) is 26.6. The van der Waals surface area contributed by atoms with Crippen LogP contribution in [0.5, 0.6) is 11.5 Å². The van der Waals surface area contributed by atoms with Gasteiger partial charge in [-0.2, -0.15) is 11.8 Å². The Kier molecular flexibility index (Phi) is 38.8. The normalized spacial score (nSPS) is 18.8. The number of cyclic esters (lactones) is 1. The molecule has 0 aromatic heterocycles. The molecule has 10 amide bonds. The third kappa shape index (κ3) is 36.1. The molecule has 1 heterocycles. The molecule has 0 aliphatic carbocycles. The molecule has 3 aromatic rings. The fourth-order valence-corrected chi connectivity index (χ4v) is 12.9. The SMILES string of the molecule is CCSSC[C@H](NC(=O)O)C(=O)NCCOCCOCC(=O)N[C@@H](Cc1ccc(OC(C)(C)C)cc1)C(=O)N[C@@H](COC(C)(C)C)C(=O)N[C@H](C(=O)N[C@H]1COC(=O)[C@H](CCSC)NC(=O)[C@H](C(C)CC)NC(=O)[C@H](Cc2ccccc2)NC(=O)[C@H](Cc2ccc(OC(C)(C)C)cc2)NC1=O)C(C)OC(C)(C)C. The summed E-state index contributed by atoms with van der Waals surface area (Å²) in [6, 6.07) is 9.51. The molecule has 4 rings (SSSR count). The molecule has 1 aliphatic heterocycles. The number of rotatable bonds is 38. The van der Waals surface area contributed by atoms with Crippen LogP contribution in [-0.2, 0) is 90.9 Å². The standard InChI is InChI=1S/C76H116N10O19S3/c1-18-46(3)61-69(94)79-53(33-38-106-17)71(96)101-42-57(67(92)81-55(41-50-27-31-52(32-28-50)105-76(14,15)16)65(90)80-56(66(91)85-61)39-48-23-21-20-22-24-48)83-70(95)62(47(4)103-74(8,9)10)86-68(93)58(43-102-73(5,6)7)82-64(89)54(40-49-25-29-51(30-26-49)104-75(11,12)13)78-60(87)44-100-37-36-99-35-34-77-63(88)59(84-72(97)98)45-108-107-19-2/h20-32,46-47,53-59,61-62,84H,18-19,33-45H2,1-17H3,(H,77,88)(H,78,87)(H,79,94)(H,80,90)(H,81,92)(H,82,89)(H,83,95)(H,85,91)(H,86,93)(H,97,98)/t46?,47?,53-,54-,55-,56-,57-,58-,59-,61-,62-/m0/s1. The second-order valence-corrected chi connectivity index (χ2v) is 33.8. The maximum absolute atomic E-state index is 15.4. The Labute approximate surface area is 647 Å². The number of carboxylic acid groups (broad SMARTS) is 1. The molecule has 32 heteroatoms. The number of esters is 1. The van der Waals surface area contributed by atoms with E-state index < -0.39 is 174 Å². The predicted octanol–water partition coefficient (Wildman–Crippen LogP) is 5.51. The summed E-state index contributed by atoms with van der Waals surface area (Å²) in [6.07, 6.45) is -0.700. The zero-order valence-electron chi connectivity index (χ0n) is 65.5. The number of hydrogen-bond acceptors (Lipinski definition) is 21. The van der Waals surface area contributed by atoms with Gasteiger partial charge in [-0.05, 0) is 155 Å². The summed E-state index contributed by atoms with van der Waals surface area (Å²) < 4.78 is 41.7. The maximum atomic E-state index is 15.4. The lowest BCUT2D eigenvalue weighted by atomic mass is 9.96. The van der Waals surface area contributed by atoms with Crippen molar-refractivity contribution in [1.82, 2.24) is 53.2 Å². The molecule has 108 heavy (non-hydrogen) atoms. The fraction of sp³-hybridized carbons (Fsp3) is 0.618. The van der Waals surface area contributed by atoms with Crippen molar-refractivity contribution in [2.75, 3.05) is 69.7 Å². The quantitative estimate of drug-likeness (QED) is 0.0191. The molecule has 1 aliphatic rings. The maximum Gasteiger partial charge on any atom is 0.405 e. The van der Waals surface area contributed by atoms with Gasteiger partial charge in [-0.15, -0.1) is 0 Å². The van der Waals surface area contributed by atoms with Gasteiger partial charge in [-0.3, -0.25) is 43.2 Å². The molecule has 0 bridgehead atoms. The van der Waals surface area contributed by atoms with Crippen molar-refractivity contribution >= 4 is 98.6 Å². The third-order valence-corrected chi connectivity index (χ3v) is 19.0. The molecule has 0 saturated carbocycles. The Bertz CT molecular complexity index is 3390. The highest BCUT2D eigenvalue weighted by Crippen LogP contribution is 2.24. The number of amides is 10. The van der Waals surface area contributed by atoms with E-state index in [1.807, 2.05) is 55.4 Å². The van der Waals surface area contributed by atoms with E-state index in [9.17, 15) is 38.7 Å². The third-order valence-electron chi connectivity index (χ3n) is 15.9. The number of ether oxygens (including phenoxy) is 7. The first kappa shape index (κ1) is 92.5. The topological polar surface area (TPSA) is 393 Å². The van der Waals surface area contributed by atoms with Crippen molar-refractivity contribution in [3.63, 3.8) is 0 Å². The Balaban J connectivity index is 1.76. The molecule has 29 nitrogen and oxygen atoms in total. The minimum absolute atomic E-state index is 0.0127. The van der Waals surface area contributed by atoms with Crippen LogP contribution in [-0.4, -0.2) is 223 Å². The number of benzene rings is 3. The summed E-state index contributed by atoms with van der Waals surface area (Å²) in [7, 11) is 2.85. The second-order valence-electron chi connectivity index (χ2n) is 30.0. The van der Waals surface area contributed by atoms with Gasteiger partial charge in [0.05, 0.1) is 43.7 Å². The van der Waals surface area contributed by atoms with Crippen molar-refractivity contribution in [1.29, 1.82) is 0 Å². The first-order valence-corrected chi connectivity index (χ1v) is 40.2. The molecule has 11 atom stereocenters. The van der Waals surface area contributed by atoms with E-state index in [0.29, 0.717) is 40.4 Å². The molecule has 0 spiro atoms.